The SMILES string of the molecule is CC(=O)N1CCCC2=C1CCN2[C@H]1CO[C@H](c2cc(F)ccc2F)[C@@H](N)C1.CC(C)CC(=O)N1CCCC2=C1CCN2[C@H]1CO[C@H](c2cc(F)ccc2F)[C@@H](N)C1.CC(C)S(=O)(=O)N1CCCC2=C1CCN2[C@H]1CO[C@H](c2cc(F)ccc2F)[C@@H](N)C1.N[C@H]1C[C@@H](N2CCC3=C2CCCN3S(=O)(=O)C2CC2)CO[C@@H]1c1cc(F)ccc1F.N[C@H]1C[C@@H](N2CCC3=C2CCCN3S(=O)(=O)C2CCCC2)CO[C@@H]1c1cc(F)ccc1F. The minimum Gasteiger partial charge on any atom is -0.370 e. The molecule has 15 aliphatic heterocycles. The van der Waals surface area contributed by atoms with Crippen LogP contribution >= 0.6 is 0 Å². The third-order valence-electron chi connectivity index (χ3n) is 32.8. The van der Waals surface area contributed by atoms with Gasteiger partial charge in [-0.15, -0.1) is 0 Å². The van der Waals surface area contributed by atoms with Crippen LogP contribution < -0.4 is 28.7 Å². The van der Waals surface area contributed by atoms with Crippen molar-refractivity contribution in [2.24, 2.45) is 34.6 Å². The third kappa shape index (κ3) is 23.3. The fourth-order valence-electron chi connectivity index (χ4n) is 25.5. The smallest absolute Gasteiger partial charge is 0.237 e. The van der Waals surface area contributed by atoms with Gasteiger partial charge in [0.1, 0.15) is 88.7 Å². The predicted molar refractivity (Wildman–Crippen MR) is 541 cm³/mol. The average molecular weight is 2150 g/mol. The normalized spacial score (nSPS) is 28.6. The summed E-state index contributed by atoms with van der Waals surface area (Å²) in [5, 5.41) is -0.935. The summed E-state index contributed by atoms with van der Waals surface area (Å²) in [7, 11) is -9.92. The Morgan fingerprint density at radius 3 is 0.832 bits per heavy atom. The summed E-state index contributed by atoms with van der Waals surface area (Å²) in [6.07, 6.45) is 17.7. The molecule has 0 radical (unpaired) electrons. The summed E-state index contributed by atoms with van der Waals surface area (Å²) < 4.78 is 251. The van der Waals surface area contributed by atoms with Crippen LogP contribution in [-0.2, 0) is 63.3 Å². The molecule has 7 fully saturated rings. The van der Waals surface area contributed by atoms with Crippen molar-refractivity contribution in [1.29, 1.82) is 0 Å². The van der Waals surface area contributed by atoms with Crippen molar-refractivity contribution in [3.8, 4) is 0 Å². The van der Waals surface area contributed by atoms with Crippen LogP contribution in [0.15, 0.2) is 148 Å². The zero-order valence-electron chi connectivity index (χ0n) is 85.5. The van der Waals surface area contributed by atoms with Crippen molar-refractivity contribution < 1.29 is 102 Å². The van der Waals surface area contributed by atoms with Crippen LogP contribution in [-0.4, -0.2) is 259 Å². The number of amides is 2. The van der Waals surface area contributed by atoms with Crippen LogP contribution in [0.1, 0.15) is 266 Å². The molecule has 2 amide bonds. The molecule has 15 atom stereocenters. The highest BCUT2D eigenvalue weighted by Gasteiger charge is 2.51. The number of halogens is 10. The standard InChI is InChI=1S/C23H31F2N3O3S.C23H31F2N3O2.C21H27F2N3O3S.C21H29F2N3O3S.C20H25F2N3O2/c24-15-7-8-19(25)18(12-15)23-20(26)13-16(14-31-23)27-11-9-22-21(27)6-3-10-28(22)32(29,30)17-4-1-2-5-17;1-14(2)10-22(29)28-8-3-4-20-21(28)7-9-27(20)16-12-19(26)23(30-13-16)17-11-15(24)5-6-18(17)25;22-13-3-6-17(23)16(10-13)21-18(24)11-14(12-29-21)25-9-7-20-19(25)2-1-8-26(20)30(27,28)15-4-5-15;1-13(2)30(27,28)26-8-3-4-19-20(26)7-9-25(19)15-11-18(24)21(29-12-15)16-10-14(22)5-6-17(16)23;1-12(26)24-7-2-3-18-19(24)6-8-25(18)14-10-17(23)20(27-11-14)15-9-13(21)4-5-16(15)22/h7-8,12,16-17,20,23H,1-6,9-11,13-14,26H2;5-6,11,14,16,19,23H,3-4,7-10,12-13,26H2,1-2H3;3,6,10,14-15,18,21H,1-2,4-5,7-9,11-12,24H2;5-6,10,13,15,18,21H,3-4,7-9,11-12,24H2,1-2H3;4-5,9,14,17,20H,2-3,6-8,10-11,23H2,1H3/t16-,20+,23-;16-,19+,23-;14-,18+,21-;15-,18+,21-;14-,17+,20-/m11111/s1. The van der Waals surface area contributed by atoms with Gasteiger partial charge in [0, 0.05) is 226 Å². The highest BCUT2D eigenvalue weighted by atomic mass is 32.2. The Labute approximate surface area is 868 Å². The van der Waals surface area contributed by atoms with E-state index in [1.165, 1.54) is 23.5 Å². The lowest BCUT2D eigenvalue weighted by Crippen LogP contribution is -2.48. The molecule has 5 aromatic rings. The van der Waals surface area contributed by atoms with Crippen LogP contribution in [0.25, 0.3) is 0 Å². The number of benzene rings is 5. The first kappa shape index (κ1) is 110. The second-order valence-corrected chi connectivity index (χ2v) is 50.1. The van der Waals surface area contributed by atoms with Gasteiger partial charge in [-0.2, -0.15) is 0 Å². The first-order valence-corrected chi connectivity index (χ1v) is 57.9. The van der Waals surface area contributed by atoms with Crippen molar-refractivity contribution in [1.82, 2.24) is 47.2 Å². The second-order valence-electron chi connectivity index (χ2n) is 43.4. The quantitative estimate of drug-likeness (QED) is 0.0509. The first-order valence-electron chi connectivity index (χ1n) is 53.4. The Balaban J connectivity index is 0.000000122. The van der Waals surface area contributed by atoms with Gasteiger partial charge in [0.2, 0.25) is 41.9 Å². The number of hydrogen-bond acceptors (Lipinski definition) is 23. The van der Waals surface area contributed by atoms with Gasteiger partial charge in [-0.25, -0.2) is 69.2 Å². The van der Waals surface area contributed by atoms with Crippen molar-refractivity contribution in [2.75, 3.05) is 98.5 Å². The zero-order valence-corrected chi connectivity index (χ0v) is 87.9. The third-order valence-corrected chi connectivity index (χ3v) is 39.7. The summed E-state index contributed by atoms with van der Waals surface area (Å²) in [4.78, 5) is 39.8. The highest BCUT2D eigenvalue weighted by molar-refractivity contribution is 7.90. The lowest BCUT2D eigenvalue weighted by Gasteiger charge is -2.41. The van der Waals surface area contributed by atoms with E-state index in [1.807, 2.05) is 9.80 Å². The number of nitrogens with zero attached hydrogens (tertiary/aromatic N) is 10. The molecule has 0 bridgehead atoms. The zero-order chi connectivity index (χ0) is 106. The van der Waals surface area contributed by atoms with Crippen LogP contribution in [0.2, 0.25) is 0 Å². The van der Waals surface area contributed by atoms with Crippen LogP contribution in [0, 0.1) is 64.1 Å². The Hall–Kier alpha value is -9.11. The second kappa shape index (κ2) is 46.3. The number of rotatable bonds is 18. The Bertz CT molecular complexity index is 6130. The highest BCUT2D eigenvalue weighted by Crippen LogP contribution is 2.49. The van der Waals surface area contributed by atoms with Gasteiger partial charge >= 0.3 is 0 Å². The molecule has 5 saturated heterocycles. The van der Waals surface area contributed by atoms with E-state index in [1.54, 1.807) is 33.7 Å². The summed E-state index contributed by atoms with van der Waals surface area (Å²) in [6, 6.07) is 14.7. The first-order chi connectivity index (χ1) is 71.2. The fourth-order valence-corrected chi connectivity index (χ4v) is 31.1. The molecule has 0 aromatic heterocycles. The summed E-state index contributed by atoms with van der Waals surface area (Å²) >= 11 is 0. The number of ether oxygens (including phenoxy) is 5. The van der Waals surface area contributed by atoms with Crippen LogP contribution in [0.4, 0.5) is 43.9 Å². The molecular formula is C108H143F10N15O13S3. The van der Waals surface area contributed by atoms with E-state index in [-0.39, 0.29) is 80.3 Å². The molecule has 28 nitrogen and oxygen atoms in total. The van der Waals surface area contributed by atoms with Gasteiger partial charge in [0.25, 0.3) is 0 Å². The topological polar surface area (TPSA) is 345 Å². The number of allylic oxidation sites excluding steroid dienone is 5. The molecule has 2 aliphatic carbocycles. The molecule has 17 aliphatic rings. The van der Waals surface area contributed by atoms with E-state index in [0.717, 1.165) is 279 Å². The molecule has 41 heteroatoms. The fraction of sp³-hybridized carbons (Fsp3) is 0.611. The minimum atomic E-state index is -3.36. The van der Waals surface area contributed by atoms with Crippen molar-refractivity contribution in [2.45, 2.75) is 315 Å². The van der Waals surface area contributed by atoms with Crippen LogP contribution in [0.3, 0.4) is 0 Å². The van der Waals surface area contributed by atoms with E-state index >= 15 is 0 Å². The largest absolute Gasteiger partial charge is 0.370 e. The Kier molecular flexibility index (Phi) is 34.0. The van der Waals surface area contributed by atoms with Crippen molar-refractivity contribution in [3.05, 3.63) is 234 Å². The van der Waals surface area contributed by atoms with Gasteiger partial charge in [0.15, 0.2) is 0 Å². The number of sulfonamides is 3. The van der Waals surface area contributed by atoms with Crippen molar-refractivity contribution in [3.63, 3.8) is 0 Å². The predicted octanol–water partition coefficient (Wildman–Crippen LogP) is 15.3. The maximum atomic E-state index is 14.2. The van der Waals surface area contributed by atoms with Gasteiger partial charge in [0.05, 0.1) is 79.0 Å². The number of carbonyl (C=O) groups is 2. The van der Waals surface area contributed by atoms with E-state index in [4.69, 9.17) is 52.4 Å². The van der Waals surface area contributed by atoms with Gasteiger partial charge in [-0.05, 0) is 233 Å². The summed E-state index contributed by atoms with van der Waals surface area (Å²) in [5.74, 6) is -4.46. The molecule has 149 heavy (non-hydrogen) atoms. The molecule has 0 unspecified atom stereocenters. The van der Waals surface area contributed by atoms with Gasteiger partial charge in [-0.1, -0.05) is 26.7 Å². The maximum absolute atomic E-state index is 14.2. The summed E-state index contributed by atoms with van der Waals surface area (Å²) in [6.45, 7) is 18.1. The molecule has 5 aromatic carbocycles. The van der Waals surface area contributed by atoms with Gasteiger partial charge in [-0.3, -0.25) is 22.5 Å². The van der Waals surface area contributed by atoms with Crippen molar-refractivity contribution >= 4 is 41.9 Å². The van der Waals surface area contributed by atoms with Gasteiger partial charge < -0.3 is 86.7 Å². The molecule has 2 saturated carbocycles. The molecule has 22 rings (SSSR count). The minimum absolute atomic E-state index is 0.000458. The molecule has 0 spiro atoms. The summed E-state index contributed by atoms with van der Waals surface area (Å²) in [5.41, 5.74) is 43.3. The lowest BCUT2D eigenvalue weighted by molar-refractivity contribution is -0.130. The van der Waals surface area contributed by atoms with E-state index in [2.05, 4.69) is 38.3 Å². The molecule has 15 heterocycles. The van der Waals surface area contributed by atoms with E-state index in [9.17, 15) is 78.7 Å². The van der Waals surface area contributed by atoms with E-state index in [0.29, 0.717) is 123 Å². The molecular weight excluding hydrogens is 2000 g/mol. The number of nitrogens with two attached hydrogens (primary N) is 5. The van der Waals surface area contributed by atoms with E-state index < -0.39 is 154 Å². The maximum Gasteiger partial charge on any atom is 0.237 e. The molecule has 816 valence electrons. The number of carbonyl (C=O) groups excluding carboxylic acids is 2. The Morgan fingerprint density at radius 2 is 0.564 bits per heavy atom. The Morgan fingerprint density at radius 1 is 0.315 bits per heavy atom. The lowest BCUT2D eigenvalue weighted by atomic mass is 9.93. The molecule has 10 N–H and O–H groups in total. The number of hydrogen-bond donors (Lipinski definition) is 5. The van der Waals surface area contributed by atoms with Crippen LogP contribution in [0.5, 0.6) is 0 Å². The average Bonchev–Trinajstić information content (AvgIpc) is 1.60. The monoisotopic (exact) mass is 2140 g/mol.